The van der Waals surface area contributed by atoms with Crippen LogP contribution in [-0.4, -0.2) is 11.8 Å². The molecule has 0 radical (unpaired) electrons. The summed E-state index contributed by atoms with van der Waals surface area (Å²) in [6, 6.07) is 13.1. The third-order valence-electron chi connectivity index (χ3n) is 3.07. The molecule has 2 aromatic carbocycles. The van der Waals surface area contributed by atoms with E-state index in [9.17, 15) is 9.59 Å². The smallest absolute Gasteiger partial charge is 0.266 e. The number of fused-ring (bicyclic) bond motifs is 1. The summed E-state index contributed by atoms with van der Waals surface area (Å²) in [5.41, 5.74) is 9.80. The summed E-state index contributed by atoms with van der Waals surface area (Å²) < 4.78 is 0. The van der Waals surface area contributed by atoms with Gasteiger partial charge in [0.25, 0.3) is 11.8 Å². The Labute approximate surface area is 113 Å². The average molecular weight is 264 g/mol. The van der Waals surface area contributed by atoms with Gasteiger partial charge in [0.15, 0.2) is 0 Å². The summed E-state index contributed by atoms with van der Waals surface area (Å²) in [6.07, 6.45) is 0. The van der Waals surface area contributed by atoms with Crippen molar-refractivity contribution >= 4 is 23.2 Å². The summed E-state index contributed by atoms with van der Waals surface area (Å²) in [7, 11) is 0. The van der Waals surface area contributed by atoms with Crippen LogP contribution in [0.15, 0.2) is 53.6 Å². The van der Waals surface area contributed by atoms with E-state index in [1.807, 2.05) is 0 Å². The molecule has 0 aliphatic carbocycles. The molecule has 0 fully saturated rings. The lowest BCUT2D eigenvalue weighted by Gasteiger charge is -2.15. The summed E-state index contributed by atoms with van der Waals surface area (Å²) in [5.74, 6) is -0.822. The quantitative estimate of drug-likeness (QED) is 0.360. The van der Waals surface area contributed by atoms with Crippen molar-refractivity contribution in [3.05, 3.63) is 70.1 Å². The summed E-state index contributed by atoms with van der Waals surface area (Å²) >= 11 is 0. The van der Waals surface area contributed by atoms with Crippen molar-refractivity contribution in [3.63, 3.8) is 0 Å². The Bertz CT molecular complexity index is 743. The fraction of sp³-hybridized carbons (Fsp3) is 0. The highest BCUT2D eigenvalue weighted by molar-refractivity contribution is 6.35. The molecule has 0 saturated carbocycles. The molecule has 1 aliphatic rings. The second-order valence-electron chi connectivity index (χ2n) is 4.17. The number of nitrogens with zero attached hydrogens (tertiary/aromatic N) is 4. The highest BCUT2D eigenvalue weighted by Crippen LogP contribution is 2.34. The van der Waals surface area contributed by atoms with Crippen molar-refractivity contribution in [1.82, 2.24) is 0 Å². The van der Waals surface area contributed by atoms with Gasteiger partial charge in [-0.05, 0) is 23.7 Å². The highest BCUT2D eigenvalue weighted by atomic mass is 16.2. The molecule has 1 heterocycles. The summed E-state index contributed by atoms with van der Waals surface area (Å²) in [4.78, 5) is 28.4. The lowest BCUT2D eigenvalue weighted by molar-refractivity contribution is 0.0926. The topological polar surface area (TPSA) is 86.1 Å². The van der Waals surface area contributed by atoms with Crippen LogP contribution >= 0.6 is 0 Å². The highest BCUT2D eigenvalue weighted by Gasteiger charge is 2.36. The van der Waals surface area contributed by atoms with Crippen LogP contribution < -0.4 is 4.90 Å². The van der Waals surface area contributed by atoms with Crippen LogP contribution in [0.25, 0.3) is 10.4 Å². The molecular formula is C14H8N4O2. The van der Waals surface area contributed by atoms with Gasteiger partial charge in [-0.15, -0.1) is 0 Å². The minimum Gasteiger partial charge on any atom is -0.268 e. The van der Waals surface area contributed by atoms with Crippen LogP contribution in [-0.2, 0) is 0 Å². The Morgan fingerprint density at radius 1 is 0.900 bits per heavy atom. The minimum absolute atomic E-state index is 0.240. The molecule has 2 aromatic rings. The van der Waals surface area contributed by atoms with Gasteiger partial charge in [-0.25, -0.2) is 4.90 Å². The Hall–Kier alpha value is -3.11. The Morgan fingerprint density at radius 3 is 2.05 bits per heavy atom. The van der Waals surface area contributed by atoms with E-state index in [1.54, 1.807) is 48.5 Å². The van der Waals surface area contributed by atoms with E-state index in [0.717, 1.165) is 4.90 Å². The van der Waals surface area contributed by atoms with Crippen molar-refractivity contribution in [1.29, 1.82) is 0 Å². The van der Waals surface area contributed by atoms with Crippen LogP contribution in [0.2, 0.25) is 0 Å². The molecular weight excluding hydrogens is 256 g/mol. The maximum absolute atomic E-state index is 12.3. The fourth-order valence-corrected chi connectivity index (χ4v) is 2.19. The lowest BCUT2D eigenvalue weighted by atomic mass is 10.1. The van der Waals surface area contributed by atoms with E-state index >= 15 is 0 Å². The molecule has 3 rings (SSSR count). The van der Waals surface area contributed by atoms with E-state index in [-0.39, 0.29) is 11.4 Å². The van der Waals surface area contributed by atoms with Gasteiger partial charge in [-0.3, -0.25) is 9.59 Å². The van der Waals surface area contributed by atoms with Gasteiger partial charge < -0.3 is 0 Å². The SMILES string of the molecule is [N-]=[N+]=Nc1ccccc1N1C(=O)c2ccccc2C1=O. The Balaban J connectivity index is 2.17. The standard InChI is InChI=1S/C14H8N4O2/c15-17-16-11-7-3-4-8-12(11)18-13(19)9-5-1-2-6-10(9)14(18)20/h1-8H. The number of azide groups is 1. The number of amides is 2. The average Bonchev–Trinajstić information content (AvgIpc) is 2.73. The van der Waals surface area contributed by atoms with Gasteiger partial charge in [0.05, 0.1) is 22.5 Å². The molecule has 0 bridgehead atoms. The molecule has 20 heavy (non-hydrogen) atoms. The molecule has 0 spiro atoms. The number of hydrogen-bond acceptors (Lipinski definition) is 3. The zero-order valence-corrected chi connectivity index (χ0v) is 10.2. The Kier molecular flexibility index (Phi) is 2.71. The number of para-hydroxylation sites is 1. The molecule has 6 heteroatoms. The zero-order chi connectivity index (χ0) is 14.1. The van der Waals surface area contributed by atoms with Crippen LogP contribution in [0.4, 0.5) is 11.4 Å². The van der Waals surface area contributed by atoms with Gasteiger partial charge in [-0.1, -0.05) is 35.4 Å². The third kappa shape index (κ3) is 1.64. The predicted octanol–water partition coefficient (Wildman–Crippen LogP) is 3.43. The predicted molar refractivity (Wildman–Crippen MR) is 72.8 cm³/mol. The van der Waals surface area contributed by atoms with Crippen LogP contribution in [0.5, 0.6) is 0 Å². The molecule has 6 nitrogen and oxygen atoms in total. The van der Waals surface area contributed by atoms with Gasteiger partial charge in [0.2, 0.25) is 0 Å². The third-order valence-corrected chi connectivity index (χ3v) is 3.07. The molecule has 0 N–H and O–H groups in total. The monoisotopic (exact) mass is 264 g/mol. The largest absolute Gasteiger partial charge is 0.268 e. The number of carbonyl (C=O) groups is 2. The molecule has 96 valence electrons. The minimum atomic E-state index is -0.411. The number of hydrogen-bond donors (Lipinski definition) is 0. The lowest BCUT2D eigenvalue weighted by Crippen LogP contribution is -2.29. The second kappa shape index (κ2) is 4.53. The molecule has 2 amide bonds. The van der Waals surface area contributed by atoms with Crippen LogP contribution in [0.1, 0.15) is 20.7 Å². The van der Waals surface area contributed by atoms with E-state index in [4.69, 9.17) is 5.53 Å². The van der Waals surface area contributed by atoms with Crippen molar-refractivity contribution in [2.24, 2.45) is 5.11 Å². The zero-order valence-electron chi connectivity index (χ0n) is 10.2. The van der Waals surface area contributed by atoms with Gasteiger partial charge in [0, 0.05) is 4.91 Å². The maximum Gasteiger partial charge on any atom is 0.266 e. The van der Waals surface area contributed by atoms with Crippen molar-refractivity contribution in [3.8, 4) is 0 Å². The summed E-state index contributed by atoms with van der Waals surface area (Å²) in [6.45, 7) is 0. The van der Waals surface area contributed by atoms with E-state index in [0.29, 0.717) is 11.1 Å². The van der Waals surface area contributed by atoms with E-state index in [1.165, 1.54) is 0 Å². The second-order valence-corrected chi connectivity index (χ2v) is 4.17. The van der Waals surface area contributed by atoms with Gasteiger partial charge in [-0.2, -0.15) is 0 Å². The first kappa shape index (κ1) is 12.0. The Morgan fingerprint density at radius 2 is 1.45 bits per heavy atom. The van der Waals surface area contributed by atoms with E-state index in [2.05, 4.69) is 10.0 Å². The van der Waals surface area contributed by atoms with Crippen molar-refractivity contribution in [2.45, 2.75) is 0 Å². The molecule has 0 aromatic heterocycles. The van der Waals surface area contributed by atoms with Crippen molar-refractivity contribution < 1.29 is 9.59 Å². The van der Waals surface area contributed by atoms with E-state index < -0.39 is 11.8 Å². The van der Waals surface area contributed by atoms with Crippen LogP contribution in [0.3, 0.4) is 0 Å². The molecule has 0 saturated heterocycles. The molecule has 0 atom stereocenters. The molecule has 1 aliphatic heterocycles. The number of rotatable bonds is 2. The maximum atomic E-state index is 12.3. The summed E-state index contributed by atoms with van der Waals surface area (Å²) in [5, 5.41) is 3.52. The van der Waals surface area contributed by atoms with Gasteiger partial charge >= 0.3 is 0 Å². The fourth-order valence-electron chi connectivity index (χ4n) is 2.19. The number of anilines is 1. The first-order valence-corrected chi connectivity index (χ1v) is 5.86. The first-order chi connectivity index (χ1) is 9.74. The van der Waals surface area contributed by atoms with Crippen LogP contribution in [0, 0.1) is 0 Å². The normalized spacial score (nSPS) is 13.1. The van der Waals surface area contributed by atoms with Gasteiger partial charge in [0.1, 0.15) is 0 Å². The van der Waals surface area contributed by atoms with Crippen molar-refractivity contribution in [2.75, 3.05) is 4.90 Å². The number of imide groups is 1. The number of benzene rings is 2. The molecule has 0 unspecified atom stereocenters. The number of carbonyl (C=O) groups excluding carboxylic acids is 2. The first-order valence-electron chi connectivity index (χ1n) is 5.86.